The topological polar surface area (TPSA) is 53.1 Å². The lowest BCUT2D eigenvalue weighted by Crippen LogP contribution is -1.90. The third-order valence-electron chi connectivity index (χ3n) is 1.72. The van der Waals surface area contributed by atoms with E-state index in [1.54, 1.807) is 13.1 Å². The smallest absolute Gasteiger partial charge is 0.328 e. The van der Waals surface area contributed by atoms with Gasteiger partial charge in [-0.1, -0.05) is 0 Å². The zero-order chi connectivity index (χ0) is 9.14. The van der Waals surface area contributed by atoms with Gasteiger partial charge in [-0.2, -0.15) is 0 Å². The Labute approximate surface area is 70.7 Å². The van der Waals surface area contributed by atoms with E-state index >= 15 is 0 Å². The maximum atomic E-state index is 10.3. The molecular formula is C9H11NO2. The molecule has 0 aliphatic heterocycles. The Kier molecular flexibility index (Phi) is 2.33. The second-order valence-electron chi connectivity index (χ2n) is 2.68. The standard InChI is InChI=1S/C9H11NO2/c1-6(5-9(11)12)8-3-4-10-7(8)2/h3-5,10H,1-2H3,(H,11,12)/b6-5+. The van der Waals surface area contributed by atoms with Crippen LogP contribution in [-0.4, -0.2) is 16.1 Å². The molecule has 0 bridgehead atoms. The number of carboxylic acids is 1. The molecule has 1 aromatic rings. The van der Waals surface area contributed by atoms with Crippen molar-refractivity contribution in [3.63, 3.8) is 0 Å². The van der Waals surface area contributed by atoms with Gasteiger partial charge in [0.1, 0.15) is 0 Å². The van der Waals surface area contributed by atoms with Crippen molar-refractivity contribution < 1.29 is 9.90 Å². The van der Waals surface area contributed by atoms with Crippen molar-refractivity contribution in [1.29, 1.82) is 0 Å². The van der Waals surface area contributed by atoms with E-state index in [0.717, 1.165) is 16.8 Å². The molecule has 0 aliphatic rings. The second-order valence-corrected chi connectivity index (χ2v) is 2.68. The number of aliphatic carboxylic acids is 1. The molecule has 1 aromatic heterocycles. The van der Waals surface area contributed by atoms with Crippen molar-refractivity contribution in [3.8, 4) is 0 Å². The number of nitrogens with one attached hydrogen (secondary N) is 1. The van der Waals surface area contributed by atoms with Crippen molar-refractivity contribution in [1.82, 2.24) is 4.98 Å². The van der Waals surface area contributed by atoms with Crippen LogP contribution in [0.5, 0.6) is 0 Å². The van der Waals surface area contributed by atoms with Gasteiger partial charge in [0.25, 0.3) is 0 Å². The van der Waals surface area contributed by atoms with Crippen molar-refractivity contribution in [2.45, 2.75) is 13.8 Å². The van der Waals surface area contributed by atoms with Crippen LogP contribution in [0, 0.1) is 6.92 Å². The van der Waals surface area contributed by atoms with Crippen molar-refractivity contribution in [2.75, 3.05) is 0 Å². The summed E-state index contributed by atoms with van der Waals surface area (Å²) in [6, 6.07) is 1.87. The molecular weight excluding hydrogens is 154 g/mol. The van der Waals surface area contributed by atoms with E-state index in [9.17, 15) is 4.79 Å². The quantitative estimate of drug-likeness (QED) is 0.656. The minimum Gasteiger partial charge on any atom is -0.478 e. The number of aromatic amines is 1. The minimum atomic E-state index is -0.909. The number of hydrogen-bond donors (Lipinski definition) is 2. The third-order valence-corrected chi connectivity index (χ3v) is 1.72. The first-order valence-electron chi connectivity index (χ1n) is 3.67. The van der Waals surface area contributed by atoms with E-state index in [0.29, 0.717) is 0 Å². The molecule has 0 saturated heterocycles. The molecule has 3 heteroatoms. The van der Waals surface area contributed by atoms with Gasteiger partial charge in [-0.15, -0.1) is 0 Å². The predicted molar refractivity (Wildman–Crippen MR) is 46.8 cm³/mol. The number of rotatable bonds is 2. The van der Waals surface area contributed by atoms with Crippen LogP contribution in [0.3, 0.4) is 0 Å². The van der Waals surface area contributed by atoms with Gasteiger partial charge in [-0.25, -0.2) is 4.79 Å². The Morgan fingerprint density at radius 3 is 2.75 bits per heavy atom. The average Bonchev–Trinajstić information content (AvgIpc) is 2.33. The summed E-state index contributed by atoms with van der Waals surface area (Å²) in [5.41, 5.74) is 2.71. The molecule has 0 saturated carbocycles. The molecule has 1 rings (SSSR count). The van der Waals surface area contributed by atoms with Gasteiger partial charge >= 0.3 is 5.97 Å². The zero-order valence-electron chi connectivity index (χ0n) is 7.09. The summed E-state index contributed by atoms with van der Waals surface area (Å²) in [4.78, 5) is 13.3. The van der Waals surface area contributed by atoms with E-state index in [2.05, 4.69) is 4.98 Å². The first-order valence-corrected chi connectivity index (χ1v) is 3.67. The molecule has 0 radical (unpaired) electrons. The van der Waals surface area contributed by atoms with Gasteiger partial charge in [0.15, 0.2) is 0 Å². The normalized spacial score (nSPS) is 11.7. The molecule has 12 heavy (non-hydrogen) atoms. The molecule has 64 valence electrons. The summed E-state index contributed by atoms with van der Waals surface area (Å²) >= 11 is 0. The largest absolute Gasteiger partial charge is 0.478 e. The fraction of sp³-hybridized carbons (Fsp3) is 0.222. The van der Waals surface area contributed by atoms with Gasteiger partial charge in [-0.3, -0.25) is 0 Å². The number of carboxylic acid groups (broad SMARTS) is 1. The Hall–Kier alpha value is -1.51. The van der Waals surface area contributed by atoms with Gasteiger partial charge in [0.2, 0.25) is 0 Å². The number of hydrogen-bond acceptors (Lipinski definition) is 1. The summed E-state index contributed by atoms with van der Waals surface area (Å²) < 4.78 is 0. The average molecular weight is 165 g/mol. The van der Waals surface area contributed by atoms with Crippen LogP contribution in [0.4, 0.5) is 0 Å². The molecule has 0 aliphatic carbocycles. The van der Waals surface area contributed by atoms with E-state index in [1.165, 1.54) is 6.08 Å². The van der Waals surface area contributed by atoms with Crippen LogP contribution >= 0.6 is 0 Å². The molecule has 3 nitrogen and oxygen atoms in total. The van der Waals surface area contributed by atoms with Crippen LogP contribution in [-0.2, 0) is 4.79 Å². The predicted octanol–water partition coefficient (Wildman–Crippen LogP) is 1.81. The zero-order valence-corrected chi connectivity index (χ0v) is 7.09. The van der Waals surface area contributed by atoms with Gasteiger partial charge < -0.3 is 10.1 Å². The Morgan fingerprint density at radius 2 is 2.33 bits per heavy atom. The van der Waals surface area contributed by atoms with Crippen LogP contribution in [0.1, 0.15) is 18.2 Å². The lowest BCUT2D eigenvalue weighted by Gasteiger charge is -1.97. The molecule has 1 heterocycles. The first-order chi connectivity index (χ1) is 5.61. The fourth-order valence-corrected chi connectivity index (χ4v) is 1.14. The van der Waals surface area contributed by atoms with Crippen LogP contribution < -0.4 is 0 Å². The number of aromatic nitrogens is 1. The van der Waals surface area contributed by atoms with Crippen LogP contribution in [0.15, 0.2) is 18.3 Å². The van der Waals surface area contributed by atoms with Crippen molar-refractivity contribution >= 4 is 11.5 Å². The van der Waals surface area contributed by atoms with E-state index in [1.807, 2.05) is 13.0 Å². The first kappa shape index (κ1) is 8.59. The third kappa shape index (κ3) is 1.75. The number of carbonyl (C=O) groups is 1. The summed E-state index contributed by atoms with van der Waals surface area (Å²) in [6.07, 6.45) is 3.00. The van der Waals surface area contributed by atoms with Gasteiger partial charge in [0.05, 0.1) is 0 Å². The molecule has 0 unspecified atom stereocenters. The monoisotopic (exact) mass is 165 g/mol. The second kappa shape index (κ2) is 3.26. The van der Waals surface area contributed by atoms with E-state index < -0.39 is 5.97 Å². The van der Waals surface area contributed by atoms with E-state index in [4.69, 9.17) is 5.11 Å². The maximum Gasteiger partial charge on any atom is 0.328 e. The highest BCUT2D eigenvalue weighted by Gasteiger charge is 2.01. The SMILES string of the molecule is C/C(=C\C(=O)O)c1cc[nH]c1C. The highest BCUT2D eigenvalue weighted by atomic mass is 16.4. The number of H-pyrrole nitrogens is 1. The maximum absolute atomic E-state index is 10.3. The number of allylic oxidation sites excluding steroid dienone is 1. The summed E-state index contributed by atoms with van der Waals surface area (Å²) in [5, 5.41) is 8.49. The minimum absolute atomic E-state index is 0.765. The molecule has 0 spiro atoms. The summed E-state index contributed by atoms with van der Waals surface area (Å²) in [5.74, 6) is -0.909. The van der Waals surface area contributed by atoms with Crippen molar-refractivity contribution in [3.05, 3.63) is 29.6 Å². The fourth-order valence-electron chi connectivity index (χ4n) is 1.14. The molecule has 0 atom stereocenters. The number of aryl methyl sites for hydroxylation is 1. The van der Waals surface area contributed by atoms with Gasteiger partial charge in [0, 0.05) is 18.0 Å². The highest BCUT2D eigenvalue weighted by Crippen LogP contribution is 2.16. The highest BCUT2D eigenvalue weighted by molar-refractivity contribution is 5.89. The summed E-state index contributed by atoms with van der Waals surface area (Å²) in [7, 11) is 0. The van der Waals surface area contributed by atoms with Crippen LogP contribution in [0.2, 0.25) is 0 Å². The Bertz CT molecular complexity index is 323. The molecule has 0 amide bonds. The Morgan fingerprint density at radius 1 is 1.67 bits per heavy atom. The van der Waals surface area contributed by atoms with Crippen LogP contribution in [0.25, 0.3) is 5.57 Å². The molecule has 0 fully saturated rings. The summed E-state index contributed by atoms with van der Waals surface area (Å²) in [6.45, 7) is 3.69. The molecule has 0 aromatic carbocycles. The van der Waals surface area contributed by atoms with Crippen molar-refractivity contribution in [2.24, 2.45) is 0 Å². The Balaban J connectivity index is 2.99. The van der Waals surface area contributed by atoms with Gasteiger partial charge in [-0.05, 0) is 31.1 Å². The molecule has 2 N–H and O–H groups in total. The lowest BCUT2D eigenvalue weighted by molar-refractivity contribution is -0.131. The van der Waals surface area contributed by atoms with E-state index in [-0.39, 0.29) is 0 Å². The lowest BCUT2D eigenvalue weighted by atomic mass is 10.1.